The van der Waals surface area contributed by atoms with Crippen molar-refractivity contribution in [2.45, 2.75) is 0 Å². The molecule has 0 aliphatic heterocycles. The Labute approximate surface area is 54.9 Å². The maximum Gasteiger partial charge on any atom is 0 e. The number of hydrogen-bond donors (Lipinski definition) is 0. The van der Waals surface area contributed by atoms with Gasteiger partial charge in [-0.05, 0) is 0 Å². The standard InChI is InChI=1S/5FH.U/h5*1H;. The zero-order valence-electron chi connectivity index (χ0n) is 2.54. The largest absolute Gasteiger partial charge is 0.269 e. The predicted octanol–water partition coefficient (Wildman–Crippen LogP) is 0.762. The van der Waals surface area contributed by atoms with Gasteiger partial charge < -0.3 is 0 Å². The second-order valence-corrected chi connectivity index (χ2v) is 0. The summed E-state index contributed by atoms with van der Waals surface area (Å²) in [6.45, 7) is 0. The summed E-state index contributed by atoms with van der Waals surface area (Å²) in [5.41, 5.74) is 0. The Bertz CT molecular complexity index is 3.90. The Morgan fingerprint density at radius 3 is 0.333 bits per heavy atom. The van der Waals surface area contributed by atoms with Crippen LogP contribution in [-0.4, -0.2) is 0 Å². The van der Waals surface area contributed by atoms with Gasteiger partial charge in [0.25, 0.3) is 0 Å². The summed E-state index contributed by atoms with van der Waals surface area (Å²) in [5, 5.41) is 0. The second-order valence-electron chi connectivity index (χ2n) is 0. The Kier molecular flexibility index (Phi) is 18900. The topological polar surface area (TPSA) is 0 Å². The van der Waals surface area contributed by atoms with Gasteiger partial charge in [-0.15, -0.1) is 0 Å². The zero-order valence-corrected chi connectivity index (χ0v) is 6.70. The van der Waals surface area contributed by atoms with Gasteiger partial charge in [0.15, 0.2) is 0 Å². The van der Waals surface area contributed by atoms with Crippen molar-refractivity contribution in [2.75, 3.05) is 0 Å². The van der Waals surface area contributed by atoms with E-state index in [-0.39, 0.29) is 54.6 Å². The normalized spacial score (nSPS) is 0. The van der Waals surface area contributed by atoms with Gasteiger partial charge in [0.1, 0.15) is 0 Å². The molecular weight excluding hydrogens is 333 g/mol. The quantitative estimate of drug-likeness (QED) is 0.573. The third-order valence-electron chi connectivity index (χ3n) is 0. The minimum absolute atomic E-state index is 0. The number of halogens is 5. The molecule has 0 rings (SSSR count). The molecular formula is H5F5U. The Hall–Kier alpha value is 0.702. The Morgan fingerprint density at radius 2 is 0.333 bits per heavy atom. The zero-order chi connectivity index (χ0) is 0. The van der Waals surface area contributed by atoms with Crippen molar-refractivity contribution < 1.29 is 54.6 Å². The van der Waals surface area contributed by atoms with Crippen molar-refractivity contribution in [3.05, 3.63) is 0 Å². The Balaban J connectivity index is 0. The molecule has 0 nitrogen and oxygen atoms in total. The first kappa shape index (κ1) is 442. The Morgan fingerprint density at radius 1 is 0.333 bits per heavy atom. The molecule has 0 aromatic rings. The van der Waals surface area contributed by atoms with Crippen LogP contribution in [0.1, 0.15) is 0 Å². The summed E-state index contributed by atoms with van der Waals surface area (Å²) in [4.78, 5) is 0. The second kappa shape index (κ2) is 256. The maximum absolute atomic E-state index is 0. The average molecular weight is 338 g/mol. The van der Waals surface area contributed by atoms with E-state index < -0.39 is 0 Å². The van der Waals surface area contributed by atoms with Crippen LogP contribution in [0.2, 0.25) is 0 Å². The van der Waals surface area contributed by atoms with Crippen LogP contribution in [0.25, 0.3) is 0 Å². The molecule has 0 atom stereocenters. The number of hydrogen-bond acceptors (Lipinski definition) is 0. The summed E-state index contributed by atoms with van der Waals surface area (Å²) in [6, 6.07) is 0. The van der Waals surface area contributed by atoms with E-state index in [2.05, 4.69) is 0 Å². The SMILES string of the molecule is F.F.F.F.F.[U]. The molecule has 0 bridgehead atoms. The monoisotopic (exact) mass is 338 g/mol. The summed E-state index contributed by atoms with van der Waals surface area (Å²) in [5.74, 6) is 0. The first-order valence-corrected chi connectivity index (χ1v) is 0. The minimum Gasteiger partial charge on any atom is -0.269 e. The van der Waals surface area contributed by atoms with Gasteiger partial charge in [-0.3, -0.25) is 23.5 Å². The third-order valence-corrected chi connectivity index (χ3v) is 0. The van der Waals surface area contributed by atoms with Gasteiger partial charge in [-0.25, -0.2) is 0 Å². The van der Waals surface area contributed by atoms with E-state index in [1.807, 2.05) is 0 Å². The third kappa shape index (κ3) is 131. The van der Waals surface area contributed by atoms with Crippen LogP contribution in [0.5, 0.6) is 0 Å². The molecule has 0 aromatic heterocycles. The van der Waals surface area contributed by atoms with Crippen LogP contribution in [0.3, 0.4) is 0 Å². The van der Waals surface area contributed by atoms with Crippen molar-refractivity contribution in [3.63, 3.8) is 0 Å². The molecule has 0 saturated heterocycles. The van der Waals surface area contributed by atoms with E-state index in [9.17, 15) is 0 Å². The molecule has 0 heterocycles. The molecule has 0 saturated carbocycles. The van der Waals surface area contributed by atoms with Crippen molar-refractivity contribution in [1.29, 1.82) is 0 Å². The predicted molar refractivity (Wildman–Crippen MR) is 12.5 cm³/mol. The van der Waals surface area contributed by atoms with Crippen LogP contribution < -0.4 is 0 Å². The van der Waals surface area contributed by atoms with Gasteiger partial charge in [0.05, 0.1) is 0 Å². The maximum atomic E-state index is 0. The molecule has 6 heavy (non-hydrogen) atoms. The van der Waals surface area contributed by atoms with Crippen LogP contribution in [0, 0.1) is 31.1 Å². The minimum atomic E-state index is 0. The first-order chi connectivity index (χ1) is 0. The van der Waals surface area contributed by atoms with E-state index in [0.717, 1.165) is 0 Å². The first-order valence-electron chi connectivity index (χ1n) is 0. The van der Waals surface area contributed by atoms with E-state index in [4.69, 9.17) is 0 Å². The average Bonchev–Trinajstić information content (AvgIpc) is 0. The van der Waals surface area contributed by atoms with Gasteiger partial charge in [-0.2, -0.15) is 0 Å². The van der Waals surface area contributed by atoms with Gasteiger partial charge in [0.2, 0.25) is 0 Å². The molecule has 0 N–H and O–H groups in total. The molecule has 0 radical (unpaired) electrons. The molecule has 0 spiro atoms. The van der Waals surface area contributed by atoms with Crippen molar-refractivity contribution in [3.8, 4) is 0 Å². The van der Waals surface area contributed by atoms with E-state index in [1.54, 1.807) is 0 Å². The van der Waals surface area contributed by atoms with E-state index in [1.165, 1.54) is 0 Å². The molecule has 0 unspecified atom stereocenters. The van der Waals surface area contributed by atoms with Gasteiger partial charge in [-0.1, -0.05) is 0 Å². The van der Waals surface area contributed by atoms with Crippen LogP contribution >= 0.6 is 0 Å². The van der Waals surface area contributed by atoms with Crippen molar-refractivity contribution >= 4 is 0 Å². The fraction of sp³-hybridized carbons (Fsp3) is 0. The smallest absolute Gasteiger partial charge is 0 e. The molecule has 0 amide bonds. The molecule has 44 valence electrons. The van der Waals surface area contributed by atoms with E-state index >= 15 is 0 Å². The fourth-order valence-corrected chi connectivity index (χ4v) is 0. The summed E-state index contributed by atoms with van der Waals surface area (Å²) < 4.78 is 0. The molecule has 0 aliphatic rings. The molecule has 0 aliphatic carbocycles. The van der Waals surface area contributed by atoms with Crippen LogP contribution in [0.4, 0.5) is 23.5 Å². The van der Waals surface area contributed by atoms with Crippen molar-refractivity contribution in [1.82, 2.24) is 0 Å². The fourth-order valence-electron chi connectivity index (χ4n) is 0. The van der Waals surface area contributed by atoms with Crippen molar-refractivity contribution in [2.24, 2.45) is 0 Å². The van der Waals surface area contributed by atoms with Crippen LogP contribution in [0.15, 0.2) is 0 Å². The number of rotatable bonds is 0. The van der Waals surface area contributed by atoms with Crippen LogP contribution in [-0.2, 0) is 0 Å². The van der Waals surface area contributed by atoms with Gasteiger partial charge >= 0.3 is 0 Å². The molecule has 6 heteroatoms. The van der Waals surface area contributed by atoms with Gasteiger partial charge in [0, 0.05) is 31.1 Å². The molecule has 0 fully saturated rings. The molecule has 0 aromatic carbocycles. The van der Waals surface area contributed by atoms with E-state index in [0.29, 0.717) is 0 Å². The summed E-state index contributed by atoms with van der Waals surface area (Å²) in [7, 11) is 0. The summed E-state index contributed by atoms with van der Waals surface area (Å²) >= 11 is 0. The summed E-state index contributed by atoms with van der Waals surface area (Å²) in [6.07, 6.45) is 0.